The van der Waals surface area contributed by atoms with Crippen LogP contribution in [-0.2, 0) is 16.2 Å². The Kier molecular flexibility index (Phi) is 5.27. The van der Waals surface area contributed by atoms with E-state index in [1.54, 1.807) is 17.0 Å². The SMILES string of the molecule is N#Cc1cccnc1N1CCN(S(=O)(=O)c2ccc(F)c(C(F)(F)F)c2)CC1. The molecular formula is C17H14F4N4O2S. The van der Waals surface area contributed by atoms with E-state index in [0.29, 0.717) is 23.5 Å². The minimum Gasteiger partial charge on any atom is -0.353 e. The molecule has 0 bridgehead atoms. The Morgan fingerprint density at radius 2 is 1.79 bits per heavy atom. The van der Waals surface area contributed by atoms with Crippen LogP contribution in [0.2, 0.25) is 0 Å². The second-order valence-electron chi connectivity index (χ2n) is 6.02. The Balaban J connectivity index is 1.81. The first-order valence-electron chi connectivity index (χ1n) is 8.11. The van der Waals surface area contributed by atoms with Crippen LogP contribution in [0, 0.1) is 17.1 Å². The van der Waals surface area contributed by atoms with Crippen molar-refractivity contribution in [1.29, 1.82) is 5.26 Å². The summed E-state index contributed by atoms with van der Waals surface area (Å²) >= 11 is 0. The monoisotopic (exact) mass is 414 g/mol. The molecule has 0 unspecified atom stereocenters. The molecule has 2 heterocycles. The molecule has 148 valence electrons. The third-order valence-electron chi connectivity index (χ3n) is 4.33. The highest BCUT2D eigenvalue weighted by atomic mass is 32.2. The smallest absolute Gasteiger partial charge is 0.353 e. The van der Waals surface area contributed by atoms with Gasteiger partial charge < -0.3 is 4.90 Å². The third-order valence-corrected chi connectivity index (χ3v) is 6.22. The highest BCUT2D eigenvalue weighted by Crippen LogP contribution is 2.33. The number of benzene rings is 1. The van der Waals surface area contributed by atoms with Crippen LogP contribution in [-0.4, -0.2) is 43.9 Å². The van der Waals surface area contributed by atoms with Crippen LogP contribution in [0.25, 0.3) is 0 Å². The number of sulfonamides is 1. The van der Waals surface area contributed by atoms with Gasteiger partial charge in [0.15, 0.2) is 0 Å². The summed E-state index contributed by atoms with van der Waals surface area (Å²) < 4.78 is 78.5. The van der Waals surface area contributed by atoms with Gasteiger partial charge >= 0.3 is 6.18 Å². The number of halogens is 4. The van der Waals surface area contributed by atoms with Crippen LogP contribution in [0.5, 0.6) is 0 Å². The molecule has 1 aromatic carbocycles. The van der Waals surface area contributed by atoms with Crippen molar-refractivity contribution < 1.29 is 26.0 Å². The molecule has 1 fully saturated rings. The summed E-state index contributed by atoms with van der Waals surface area (Å²) in [6, 6.07) is 6.83. The lowest BCUT2D eigenvalue weighted by Gasteiger charge is -2.35. The van der Waals surface area contributed by atoms with Gasteiger partial charge in [-0.1, -0.05) is 0 Å². The van der Waals surface area contributed by atoms with Crippen molar-refractivity contribution >= 4 is 15.8 Å². The fourth-order valence-corrected chi connectivity index (χ4v) is 4.36. The number of alkyl halides is 3. The Hall–Kier alpha value is -2.71. The van der Waals surface area contributed by atoms with Gasteiger partial charge in [0, 0.05) is 32.4 Å². The molecule has 0 aliphatic carbocycles. The lowest BCUT2D eigenvalue weighted by atomic mass is 10.2. The lowest BCUT2D eigenvalue weighted by molar-refractivity contribution is -0.140. The molecule has 1 aliphatic rings. The molecular weight excluding hydrogens is 400 g/mol. The number of hydrogen-bond acceptors (Lipinski definition) is 5. The van der Waals surface area contributed by atoms with E-state index in [1.165, 1.54) is 6.20 Å². The van der Waals surface area contributed by atoms with Crippen molar-refractivity contribution in [2.45, 2.75) is 11.1 Å². The van der Waals surface area contributed by atoms with E-state index in [-0.39, 0.29) is 26.2 Å². The van der Waals surface area contributed by atoms with E-state index >= 15 is 0 Å². The average Bonchev–Trinajstić information content (AvgIpc) is 2.67. The molecule has 11 heteroatoms. The van der Waals surface area contributed by atoms with Gasteiger partial charge in [0.2, 0.25) is 10.0 Å². The predicted octanol–water partition coefficient (Wildman–Crippen LogP) is 2.62. The number of hydrogen-bond donors (Lipinski definition) is 0. The van der Waals surface area contributed by atoms with Crippen molar-refractivity contribution in [3.63, 3.8) is 0 Å². The summed E-state index contributed by atoms with van der Waals surface area (Å²) in [5.74, 6) is -1.11. The molecule has 1 saturated heterocycles. The molecule has 2 aromatic rings. The number of nitriles is 1. The van der Waals surface area contributed by atoms with Gasteiger partial charge in [-0.25, -0.2) is 17.8 Å². The average molecular weight is 414 g/mol. The van der Waals surface area contributed by atoms with E-state index in [4.69, 9.17) is 5.26 Å². The van der Waals surface area contributed by atoms with Gasteiger partial charge in [-0.3, -0.25) is 0 Å². The number of pyridine rings is 1. The van der Waals surface area contributed by atoms with Crippen LogP contribution < -0.4 is 4.90 Å². The van der Waals surface area contributed by atoms with Crippen LogP contribution in [0.4, 0.5) is 23.4 Å². The quantitative estimate of drug-likeness (QED) is 0.722. The molecule has 1 aliphatic heterocycles. The number of anilines is 1. The highest BCUT2D eigenvalue weighted by Gasteiger charge is 2.37. The van der Waals surface area contributed by atoms with Crippen molar-refractivity contribution in [1.82, 2.24) is 9.29 Å². The number of nitrogens with zero attached hydrogens (tertiary/aromatic N) is 4. The van der Waals surface area contributed by atoms with Gasteiger partial charge in [-0.05, 0) is 30.3 Å². The molecule has 0 N–H and O–H groups in total. The first-order valence-corrected chi connectivity index (χ1v) is 9.55. The zero-order chi connectivity index (χ0) is 20.5. The Morgan fingerprint density at radius 3 is 2.39 bits per heavy atom. The first-order chi connectivity index (χ1) is 13.1. The Morgan fingerprint density at radius 1 is 1.11 bits per heavy atom. The standard InChI is InChI=1S/C17H14F4N4O2S/c18-15-4-3-13(10-14(15)17(19,20)21)28(26,27)25-8-6-24(7-9-25)16-12(11-22)2-1-5-23-16/h1-5,10H,6-9H2. The van der Waals surface area contributed by atoms with Gasteiger partial charge in [0.05, 0.1) is 16.0 Å². The second kappa shape index (κ2) is 7.37. The topological polar surface area (TPSA) is 77.3 Å². The molecule has 1 aromatic heterocycles. The normalized spacial score (nSPS) is 16.0. The number of rotatable bonds is 3. The van der Waals surface area contributed by atoms with E-state index < -0.39 is 32.5 Å². The molecule has 0 saturated carbocycles. The van der Waals surface area contributed by atoms with Crippen LogP contribution in [0.15, 0.2) is 41.4 Å². The molecule has 0 atom stereocenters. The maximum absolute atomic E-state index is 13.4. The van der Waals surface area contributed by atoms with Gasteiger partial charge in [-0.2, -0.15) is 22.7 Å². The van der Waals surface area contributed by atoms with Crippen molar-refractivity contribution in [2.24, 2.45) is 0 Å². The maximum atomic E-state index is 13.4. The Bertz CT molecular complexity index is 1030. The molecule has 28 heavy (non-hydrogen) atoms. The van der Waals surface area contributed by atoms with E-state index in [9.17, 15) is 26.0 Å². The molecule has 0 radical (unpaired) electrons. The van der Waals surface area contributed by atoms with Crippen LogP contribution in [0.3, 0.4) is 0 Å². The fourth-order valence-electron chi connectivity index (χ4n) is 2.91. The van der Waals surface area contributed by atoms with Crippen molar-refractivity contribution in [2.75, 3.05) is 31.1 Å². The summed E-state index contributed by atoms with van der Waals surface area (Å²) in [5, 5.41) is 9.15. The third kappa shape index (κ3) is 3.79. The minimum atomic E-state index is -5.00. The number of piperazine rings is 1. The molecule has 0 amide bonds. The zero-order valence-corrected chi connectivity index (χ0v) is 15.1. The lowest BCUT2D eigenvalue weighted by Crippen LogP contribution is -2.49. The Labute approximate surface area is 158 Å². The van der Waals surface area contributed by atoms with E-state index in [0.717, 1.165) is 10.4 Å². The van der Waals surface area contributed by atoms with Crippen molar-refractivity contribution in [3.05, 3.63) is 53.5 Å². The molecule has 3 rings (SSSR count). The largest absolute Gasteiger partial charge is 0.419 e. The summed E-state index contributed by atoms with van der Waals surface area (Å²) in [6.45, 7) is 0.390. The van der Waals surface area contributed by atoms with E-state index in [2.05, 4.69) is 4.98 Å². The van der Waals surface area contributed by atoms with Gasteiger partial charge in [0.1, 0.15) is 17.7 Å². The molecule has 6 nitrogen and oxygen atoms in total. The minimum absolute atomic E-state index is 0.0114. The zero-order valence-electron chi connectivity index (χ0n) is 14.3. The van der Waals surface area contributed by atoms with Gasteiger partial charge in [0.25, 0.3) is 0 Å². The van der Waals surface area contributed by atoms with Crippen molar-refractivity contribution in [3.8, 4) is 6.07 Å². The second-order valence-corrected chi connectivity index (χ2v) is 7.95. The number of aromatic nitrogens is 1. The predicted molar refractivity (Wildman–Crippen MR) is 91.3 cm³/mol. The van der Waals surface area contributed by atoms with E-state index in [1.807, 2.05) is 6.07 Å². The first kappa shape index (κ1) is 20.0. The summed E-state index contributed by atoms with van der Waals surface area (Å²) in [7, 11) is -4.23. The highest BCUT2D eigenvalue weighted by molar-refractivity contribution is 7.89. The van der Waals surface area contributed by atoms with Crippen LogP contribution in [0.1, 0.15) is 11.1 Å². The maximum Gasteiger partial charge on any atom is 0.419 e. The summed E-state index contributed by atoms with van der Waals surface area (Å²) in [5.41, 5.74) is -1.29. The van der Waals surface area contributed by atoms with Crippen LogP contribution >= 0.6 is 0 Å². The summed E-state index contributed by atoms with van der Waals surface area (Å²) in [6.07, 6.45) is -3.49. The molecule has 0 spiro atoms. The fraction of sp³-hybridized carbons (Fsp3) is 0.294. The summed E-state index contributed by atoms with van der Waals surface area (Å²) in [4.78, 5) is 5.25. The van der Waals surface area contributed by atoms with Gasteiger partial charge in [-0.15, -0.1) is 0 Å².